The number of carbonyl (C=O) groups is 1. The lowest BCUT2D eigenvalue weighted by atomic mass is 9.90. The van der Waals surface area contributed by atoms with E-state index in [-0.39, 0.29) is 16.8 Å². The van der Waals surface area contributed by atoms with Gasteiger partial charge < -0.3 is 5.32 Å². The molecule has 0 saturated heterocycles. The molecule has 144 valence electrons. The third-order valence-corrected chi connectivity index (χ3v) is 5.82. The summed E-state index contributed by atoms with van der Waals surface area (Å²) >= 11 is 0. The van der Waals surface area contributed by atoms with Crippen molar-refractivity contribution in [3.8, 4) is 0 Å². The van der Waals surface area contributed by atoms with Gasteiger partial charge in [-0.2, -0.15) is 0 Å². The highest BCUT2D eigenvalue weighted by Gasteiger charge is 2.24. The zero-order valence-electron chi connectivity index (χ0n) is 15.9. The number of benzene rings is 3. The van der Waals surface area contributed by atoms with Crippen molar-refractivity contribution in [1.82, 2.24) is 5.32 Å². The lowest BCUT2D eigenvalue weighted by Crippen LogP contribution is -2.32. The van der Waals surface area contributed by atoms with Crippen LogP contribution in [-0.2, 0) is 14.6 Å². The van der Waals surface area contributed by atoms with Crippen LogP contribution >= 0.6 is 0 Å². The first kappa shape index (κ1) is 19.8. The number of rotatable bonds is 6. The van der Waals surface area contributed by atoms with Crippen LogP contribution in [0.1, 0.15) is 35.6 Å². The maximum absolute atomic E-state index is 13.1. The molecule has 3 aromatic carbocycles. The van der Waals surface area contributed by atoms with Gasteiger partial charge in [-0.3, -0.25) is 4.79 Å². The van der Waals surface area contributed by atoms with Crippen LogP contribution in [-0.4, -0.2) is 20.6 Å². The van der Waals surface area contributed by atoms with Gasteiger partial charge in [-0.15, -0.1) is 0 Å². The van der Waals surface area contributed by atoms with E-state index in [1.54, 1.807) is 24.3 Å². The van der Waals surface area contributed by atoms with E-state index in [0.29, 0.717) is 0 Å². The van der Waals surface area contributed by atoms with Gasteiger partial charge in [-0.1, -0.05) is 72.8 Å². The molecule has 28 heavy (non-hydrogen) atoms. The quantitative estimate of drug-likeness (QED) is 0.686. The van der Waals surface area contributed by atoms with Gasteiger partial charge in [0.25, 0.3) is 0 Å². The summed E-state index contributed by atoms with van der Waals surface area (Å²) in [7, 11) is -3.24. The van der Waals surface area contributed by atoms with Crippen LogP contribution in [0.15, 0.2) is 89.8 Å². The van der Waals surface area contributed by atoms with Gasteiger partial charge in [0.2, 0.25) is 5.91 Å². The third-order valence-electron chi connectivity index (χ3n) is 4.70. The van der Waals surface area contributed by atoms with Gasteiger partial charge in [0.15, 0.2) is 9.84 Å². The Hall–Kier alpha value is -2.92. The molecule has 5 heteroatoms. The summed E-state index contributed by atoms with van der Waals surface area (Å²) in [6, 6.07) is 25.7. The molecule has 0 saturated carbocycles. The number of sulfone groups is 1. The van der Waals surface area contributed by atoms with Gasteiger partial charge in [-0.05, 0) is 35.7 Å². The molecular weight excluding hydrogens is 370 g/mol. The van der Waals surface area contributed by atoms with Crippen molar-refractivity contribution in [2.45, 2.75) is 23.8 Å². The van der Waals surface area contributed by atoms with Crippen molar-refractivity contribution in [3.63, 3.8) is 0 Å². The number of hydrogen-bond donors (Lipinski definition) is 1. The van der Waals surface area contributed by atoms with E-state index in [1.807, 2.05) is 67.6 Å². The van der Waals surface area contributed by atoms with E-state index < -0.39 is 15.8 Å². The predicted molar refractivity (Wildman–Crippen MR) is 111 cm³/mol. The molecule has 0 aliphatic rings. The van der Waals surface area contributed by atoms with Crippen LogP contribution in [0.5, 0.6) is 0 Å². The van der Waals surface area contributed by atoms with Crippen molar-refractivity contribution >= 4 is 15.7 Å². The number of nitrogens with one attached hydrogen (secondary N) is 1. The van der Waals surface area contributed by atoms with Crippen molar-refractivity contribution in [2.75, 3.05) is 6.26 Å². The summed E-state index contributed by atoms with van der Waals surface area (Å²) in [6.07, 6.45) is 1.18. The summed E-state index contributed by atoms with van der Waals surface area (Å²) in [5.74, 6) is -0.516. The monoisotopic (exact) mass is 393 g/mol. The van der Waals surface area contributed by atoms with E-state index in [4.69, 9.17) is 0 Å². The molecule has 1 atom stereocenters. The van der Waals surface area contributed by atoms with Crippen molar-refractivity contribution in [2.24, 2.45) is 0 Å². The van der Waals surface area contributed by atoms with Gasteiger partial charge in [0, 0.05) is 6.26 Å². The molecule has 0 aliphatic carbocycles. The Morgan fingerprint density at radius 3 is 1.64 bits per heavy atom. The van der Waals surface area contributed by atoms with E-state index >= 15 is 0 Å². The van der Waals surface area contributed by atoms with Crippen LogP contribution in [0, 0.1) is 0 Å². The summed E-state index contributed by atoms with van der Waals surface area (Å²) in [4.78, 5) is 13.4. The standard InChI is InChI=1S/C23H23NO3S/c1-17(18-13-15-21(16-14-18)28(2,26)27)24-23(25)22(19-9-5-3-6-10-19)20-11-7-4-8-12-20/h3-17,22H,1-2H3,(H,24,25)/t17-/m0/s1. The zero-order chi connectivity index (χ0) is 20.1. The summed E-state index contributed by atoms with van der Waals surface area (Å²) in [5, 5.41) is 3.06. The van der Waals surface area contributed by atoms with Gasteiger partial charge >= 0.3 is 0 Å². The largest absolute Gasteiger partial charge is 0.349 e. The van der Waals surface area contributed by atoms with Crippen LogP contribution in [0.2, 0.25) is 0 Å². The molecule has 1 amide bonds. The molecule has 1 N–H and O–H groups in total. The lowest BCUT2D eigenvalue weighted by molar-refractivity contribution is -0.122. The summed E-state index contributed by atoms with van der Waals surface area (Å²) < 4.78 is 23.3. The minimum atomic E-state index is -3.24. The normalized spacial score (nSPS) is 12.5. The Balaban J connectivity index is 1.84. The predicted octanol–water partition coefficient (Wildman–Crippen LogP) is 4.10. The minimum Gasteiger partial charge on any atom is -0.349 e. The first-order valence-corrected chi connectivity index (χ1v) is 11.0. The van der Waals surface area contributed by atoms with Crippen LogP contribution < -0.4 is 5.32 Å². The average Bonchev–Trinajstić information content (AvgIpc) is 2.69. The molecule has 0 unspecified atom stereocenters. The highest BCUT2D eigenvalue weighted by atomic mass is 32.2. The lowest BCUT2D eigenvalue weighted by Gasteiger charge is -2.21. The maximum atomic E-state index is 13.1. The Bertz CT molecular complexity index is 991. The second kappa shape index (κ2) is 8.40. The summed E-state index contributed by atoms with van der Waals surface area (Å²) in [6.45, 7) is 1.89. The van der Waals surface area contributed by atoms with E-state index in [9.17, 15) is 13.2 Å². The highest BCUT2D eigenvalue weighted by molar-refractivity contribution is 7.90. The SMILES string of the molecule is C[C@H](NC(=O)C(c1ccccc1)c1ccccc1)c1ccc(S(C)(=O)=O)cc1. The molecule has 3 rings (SSSR count). The molecule has 0 bridgehead atoms. The number of carbonyl (C=O) groups excluding carboxylic acids is 1. The van der Waals surface area contributed by atoms with E-state index in [2.05, 4.69) is 5.32 Å². The fourth-order valence-corrected chi connectivity index (χ4v) is 3.80. The maximum Gasteiger partial charge on any atom is 0.232 e. The zero-order valence-corrected chi connectivity index (χ0v) is 16.7. The molecular formula is C23H23NO3S. The van der Waals surface area contributed by atoms with Crippen molar-refractivity contribution < 1.29 is 13.2 Å². The van der Waals surface area contributed by atoms with Crippen LogP contribution in [0.3, 0.4) is 0 Å². The molecule has 0 heterocycles. The minimum absolute atomic E-state index is 0.0999. The van der Waals surface area contributed by atoms with Crippen molar-refractivity contribution in [3.05, 3.63) is 102 Å². The Morgan fingerprint density at radius 1 is 0.750 bits per heavy atom. The number of hydrogen-bond acceptors (Lipinski definition) is 3. The first-order valence-electron chi connectivity index (χ1n) is 9.06. The first-order chi connectivity index (χ1) is 13.4. The number of amides is 1. The fraction of sp³-hybridized carbons (Fsp3) is 0.174. The molecule has 0 aliphatic heterocycles. The average molecular weight is 394 g/mol. The smallest absolute Gasteiger partial charge is 0.232 e. The van der Waals surface area contributed by atoms with Gasteiger partial charge in [-0.25, -0.2) is 8.42 Å². The van der Waals surface area contributed by atoms with Gasteiger partial charge in [0.05, 0.1) is 16.9 Å². The van der Waals surface area contributed by atoms with E-state index in [1.165, 1.54) is 6.26 Å². The van der Waals surface area contributed by atoms with Gasteiger partial charge in [0.1, 0.15) is 0 Å². The molecule has 4 nitrogen and oxygen atoms in total. The Labute approximate surface area is 166 Å². The molecule has 0 fully saturated rings. The Kier molecular flexibility index (Phi) is 5.95. The molecule has 3 aromatic rings. The van der Waals surface area contributed by atoms with E-state index in [0.717, 1.165) is 16.7 Å². The van der Waals surface area contributed by atoms with Crippen LogP contribution in [0.25, 0.3) is 0 Å². The second-order valence-electron chi connectivity index (χ2n) is 6.83. The second-order valence-corrected chi connectivity index (χ2v) is 8.84. The molecule has 0 spiro atoms. The van der Waals surface area contributed by atoms with Crippen molar-refractivity contribution in [1.29, 1.82) is 0 Å². The topological polar surface area (TPSA) is 63.2 Å². The third kappa shape index (κ3) is 4.67. The fourth-order valence-electron chi connectivity index (χ4n) is 3.17. The Morgan fingerprint density at radius 2 is 1.21 bits per heavy atom. The van der Waals surface area contributed by atoms with Crippen LogP contribution in [0.4, 0.5) is 0 Å². The highest BCUT2D eigenvalue weighted by Crippen LogP contribution is 2.26. The summed E-state index contributed by atoms with van der Waals surface area (Å²) in [5.41, 5.74) is 2.69. The molecule has 0 radical (unpaired) electrons. The molecule has 0 aromatic heterocycles.